The monoisotopic (exact) mass is 225 g/mol. The van der Waals surface area contributed by atoms with E-state index in [9.17, 15) is 0 Å². The van der Waals surface area contributed by atoms with Gasteiger partial charge in [0.15, 0.2) is 0 Å². The molecule has 0 bridgehead atoms. The van der Waals surface area contributed by atoms with Crippen LogP contribution in [0.3, 0.4) is 0 Å². The molecule has 17 heavy (non-hydrogen) atoms. The summed E-state index contributed by atoms with van der Waals surface area (Å²) in [6.45, 7) is 3.46. The van der Waals surface area contributed by atoms with Crippen LogP contribution in [-0.2, 0) is 11.3 Å². The van der Waals surface area contributed by atoms with Crippen LogP contribution in [0, 0.1) is 5.92 Å². The van der Waals surface area contributed by atoms with Gasteiger partial charge in [-0.15, -0.1) is 0 Å². The molecule has 0 aliphatic heterocycles. The van der Waals surface area contributed by atoms with Crippen LogP contribution in [0.15, 0.2) is 60.7 Å². The maximum absolute atomic E-state index is 5.70. The maximum atomic E-state index is 5.70. The van der Waals surface area contributed by atoms with Gasteiger partial charge in [-0.1, -0.05) is 67.6 Å². The summed E-state index contributed by atoms with van der Waals surface area (Å²) in [7, 11) is 0. The average Bonchev–Trinajstić information content (AvgIpc) is 2.41. The zero-order chi connectivity index (χ0) is 11.9. The molecule has 0 aliphatic carbocycles. The van der Waals surface area contributed by atoms with Crippen LogP contribution in [0.25, 0.3) is 0 Å². The van der Waals surface area contributed by atoms with Crippen molar-refractivity contribution in [1.29, 1.82) is 0 Å². The topological polar surface area (TPSA) is 9.23 Å². The second kappa shape index (κ2) is 6.21. The minimum atomic E-state index is 0.672. The van der Waals surface area contributed by atoms with Gasteiger partial charge in [-0.2, -0.15) is 0 Å². The SMILES string of the molecule is C[C](COCc1ccccc1)c1ccccc1. The van der Waals surface area contributed by atoms with Crippen LogP contribution in [0.1, 0.15) is 18.1 Å². The summed E-state index contributed by atoms with van der Waals surface area (Å²) in [5.41, 5.74) is 2.47. The highest BCUT2D eigenvalue weighted by atomic mass is 16.5. The van der Waals surface area contributed by atoms with Crippen molar-refractivity contribution in [3.05, 3.63) is 77.7 Å². The predicted molar refractivity (Wildman–Crippen MR) is 70.6 cm³/mol. The fourth-order valence-electron chi connectivity index (χ4n) is 1.70. The van der Waals surface area contributed by atoms with Crippen molar-refractivity contribution in [2.24, 2.45) is 0 Å². The molecule has 2 rings (SSSR count). The minimum absolute atomic E-state index is 0.672. The third-order valence-corrected chi connectivity index (χ3v) is 2.70. The molecule has 0 aromatic heterocycles. The third-order valence-electron chi connectivity index (χ3n) is 2.70. The highest BCUT2D eigenvalue weighted by Gasteiger charge is 2.05. The Kier molecular flexibility index (Phi) is 4.34. The van der Waals surface area contributed by atoms with Crippen molar-refractivity contribution in [1.82, 2.24) is 0 Å². The standard InChI is InChI=1S/C16H17O/c1-14(16-10-6-3-7-11-16)12-17-13-15-8-4-2-5-9-15/h2-11H,12-13H2,1H3. The summed E-state index contributed by atoms with van der Waals surface area (Å²) in [5.74, 6) is 1.27. The molecule has 0 aliphatic rings. The van der Waals surface area contributed by atoms with Gasteiger partial charge in [-0.25, -0.2) is 0 Å². The molecule has 0 saturated heterocycles. The second-order valence-corrected chi connectivity index (χ2v) is 4.12. The van der Waals surface area contributed by atoms with Crippen LogP contribution in [0.2, 0.25) is 0 Å². The number of rotatable bonds is 5. The quantitative estimate of drug-likeness (QED) is 0.751. The zero-order valence-electron chi connectivity index (χ0n) is 10.1. The maximum Gasteiger partial charge on any atom is 0.0717 e. The molecule has 2 aromatic carbocycles. The molecule has 0 amide bonds. The van der Waals surface area contributed by atoms with Gasteiger partial charge >= 0.3 is 0 Å². The Morgan fingerprint density at radius 1 is 0.882 bits per heavy atom. The van der Waals surface area contributed by atoms with Crippen LogP contribution >= 0.6 is 0 Å². The first-order chi connectivity index (χ1) is 8.36. The van der Waals surface area contributed by atoms with E-state index in [1.54, 1.807) is 0 Å². The highest BCUT2D eigenvalue weighted by Crippen LogP contribution is 2.14. The zero-order valence-corrected chi connectivity index (χ0v) is 10.1. The molecular formula is C16H17O. The lowest BCUT2D eigenvalue weighted by Gasteiger charge is -2.11. The van der Waals surface area contributed by atoms with Crippen LogP contribution in [0.5, 0.6) is 0 Å². The Morgan fingerprint density at radius 2 is 1.47 bits per heavy atom. The van der Waals surface area contributed by atoms with Gasteiger partial charge in [0.2, 0.25) is 0 Å². The number of ether oxygens (including phenoxy) is 1. The summed E-state index contributed by atoms with van der Waals surface area (Å²) in [5, 5.41) is 0. The molecule has 1 radical (unpaired) electrons. The molecule has 0 unspecified atom stereocenters. The number of hydrogen-bond donors (Lipinski definition) is 0. The van der Waals surface area contributed by atoms with E-state index in [2.05, 4.69) is 43.3 Å². The van der Waals surface area contributed by atoms with E-state index >= 15 is 0 Å². The van der Waals surface area contributed by atoms with Crippen molar-refractivity contribution < 1.29 is 4.74 Å². The second-order valence-electron chi connectivity index (χ2n) is 4.12. The fourth-order valence-corrected chi connectivity index (χ4v) is 1.70. The molecule has 0 N–H and O–H groups in total. The van der Waals surface area contributed by atoms with Crippen LogP contribution in [0.4, 0.5) is 0 Å². The van der Waals surface area contributed by atoms with Crippen molar-refractivity contribution in [3.63, 3.8) is 0 Å². The van der Waals surface area contributed by atoms with Gasteiger partial charge in [-0.3, -0.25) is 0 Å². The van der Waals surface area contributed by atoms with Crippen molar-refractivity contribution in [3.8, 4) is 0 Å². The van der Waals surface area contributed by atoms with E-state index in [-0.39, 0.29) is 0 Å². The number of benzene rings is 2. The molecule has 0 atom stereocenters. The van der Waals surface area contributed by atoms with Crippen LogP contribution < -0.4 is 0 Å². The first kappa shape index (κ1) is 11.9. The first-order valence-corrected chi connectivity index (χ1v) is 5.86. The van der Waals surface area contributed by atoms with E-state index in [0.29, 0.717) is 13.2 Å². The van der Waals surface area contributed by atoms with E-state index < -0.39 is 0 Å². The Balaban J connectivity index is 1.79. The molecule has 1 heteroatoms. The molecule has 0 fully saturated rings. The Labute approximate surface area is 103 Å². The third kappa shape index (κ3) is 3.72. The Hall–Kier alpha value is -1.60. The van der Waals surface area contributed by atoms with Crippen molar-refractivity contribution in [2.45, 2.75) is 13.5 Å². The summed E-state index contributed by atoms with van der Waals surface area (Å²) < 4.78 is 5.70. The van der Waals surface area contributed by atoms with Crippen molar-refractivity contribution >= 4 is 0 Å². The molecule has 0 spiro atoms. The summed E-state index contributed by atoms with van der Waals surface area (Å²) in [6.07, 6.45) is 0. The van der Waals surface area contributed by atoms with E-state index in [0.717, 1.165) is 0 Å². The van der Waals surface area contributed by atoms with Gasteiger partial charge in [0, 0.05) is 5.92 Å². The Bertz CT molecular complexity index is 422. The van der Waals surface area contributed by atoms with Gasteiger partial charge < -0.3 is 4.74 Å². The average molecular weight is 225 g/mol. The first-order valence-electron chi connectivity index (χ1n) is 5.86. The molecule has 1 nitrogen and oxygen atoms in total. The largest absolute Gasteiger partial charge is 0.376 e. The van der Waals surface area contributed by atoms with Crippen LogP contribution in [-0.4, -0.2) is 6.61 Å². The molecule has 87 valence electrons. The lowest BCUT2D eigenvalue weighted by atomic mass is 10.0. The van der Waals surface area contributed by atoms with E-state index in [1.807, 2.05) is 24.3 Å². The highest BCUT2D eigenvalue weighted by molar-refractivity contribution is 5.29. The lowest BCUT2D eigenvalue weighted by Crippen LogP contribution is -2.05. The van der Waals surface area contributed by atoms with E-state index in [4.69, 9.17) is 4.74 Å². The molecule has 0 saturated carbocycles. The molecule has 2 aromatic rings. The Morgan fingerprint density at radius 3 is 2.12 bits per heavy atom. The molecular weight excluding hydrogens is 208 g/mol. The fraction of sp³-hybridized carbons (Fsp3) is 0.188. The van der Waals surface area contributed by atoms with Gasteiger partial charge in [0.1, 0.15) is 0 Å². The summed E-state index contributed by atoms with van der Waals surface area (Å²) in [6, 6.07) is 20.6. The van der Waals surface area contributed by atoms with Gasteiger partial charge in [0.25, 0.3) is 0 Å². The van der Waals surface area contributed by atoms with Gasteiger partial charge in [-0.05, 0) is 11.1 Å². The smallest absolute Gasteiger partial charge is 0.0717 e. The summed E-state index contributed by atoms with van der Waals surface area (Å²) in [4.78, 5) is 0. The number of hydrogen-bond acceptors (Lipinski definition) is 1. The molecule has 0 heterocycles. The minimum Gasteiger partial charge on any atom is -0.376 e. The summed E-state index contributed by atoms with van der Waals surface area (Å²) >= 11 is 0. The van der Waals surface area contributed by atoms with E-state index in [1.165, 1.54) is 17.0 Å². The van der Waals surface area contributed by atoms with Gasteiger partial charge in [0.05, 0.1) is 13.2 Å². The predicted octanol–water partition coefficient (Wildman–Crippen LogP) is 3.85. The normalized spacial score (nSPS) is 10.7. The van der Waals surface area contributed by atoms with Crippen molar-refractivity contribution in [2.75, 3.05) is 6.61 Å². The lowest BCUT2D eigenvalue weighted by molar-refractivity contribution is 0.133.